The summed E-state index contributed by atoms with van der Waals surface area (Å²) in [6, 6.07) is 0. The predicted molar refractivity (Wildman–Crippen MR) is 38.2 cm³/mol. The standard InChI is InChI=1S/C6H11ClO3/c1-2-3-4(8)5(7)6(9)10/h4-5,8H,2-3H2,1H3,(H,9,10)/t4-,5-/m1/s1. The molecule has 0 fully saturated rings. The molecule has 4 heteroatoms. The number of hydrogen-bond acceptors (Lipinski definition) is 2. The summed E-state index contributed by atoms with van der Waals surface area (Å²) in [5.74, 6) is -1.16. The highest BCUT2D eigenvalue weighted by molar-refractivity contribution is 6.30. The van der Waals surface area contributed by atoms with Crippen molar-refractivity contribution in [1.82, 2.24) is 0 Å². The van der Waals surface area contributed by atoms with Gasteiger partial charge in [0.15, 0.2) is 5.38 Å². The smallest absolute Gasteiger partial charge is 0.324 e. The molecule has 0 aromatic heterocycles. The molecule has 2 atom stereocenters. The first-order chi connectivity index (χ1) is 4.59. The first kappa shape index (κ1) is 9.72. The van der Waals surface area contributed by atoms with Gasteiger partial charge in [0.2, 0.25) is 0 Å². The van der Waals surface area contributed by atoms with Gasteiger partial charge in [-0.05, 0) is 6.42 Å². The van der Waals surface area contributed by atoms with Gasteiger partial charge < -0.3 is 10.2 Å². The molecule has 0 rings (SSSR count). The zero-order chi connectivity index (χ0) is 8.15. The van der Waals surface area contributed by atoms with Crippen molar-refractivity contribution >= 4 is 17.6 Å². The number of aliphatic hydroxyl groups excluding tert-OH is 1. The van der Waals surface area contributed by atoms with E-state index in [1.165, 1.54) is 0 Å². The van der Waals surface area contributed by atoms with E-state index < -0.39 is 17.5 Å². The van der Waals surface area contributed by atoms with Crippen molar-refractivity contribution in [2.24, 2.45) is 0 Å². The lowest BCUT2D eigenvalue weighted by Crippen LogP contribution is -2.28. The molecule has 2 N–H and O–H groups in total. The number of rotatable bonds is 4. The van der Waals surface area contributed by atoms with E-state index in [-0.39, 0.29) is 0 Å². The minimum absolute atomic E-state index is 0.431. The minimum Gasteiger partial charge on any atom is -0.480 e. The lowest BCUT2D eigenvalue weighted by atomic mass is 10.1. The summed E-state index contributed by atoms with van der Waals surface area (Å²) < 4.78 is 0. The highest BCUT2D eigenvalue weighted by atomic mass is 35.5. The topological polar surface area (TPSA) is 57.5 Å². The number of halogens is 1. The second kappa shape index (κ2) is 4.52. The summed E-state index contributed by atoms with van der Waals surface area (Å²) in [7, 11) is 0. The third-order valence-corrected chi connectivity index (χ3v) is 1.64. The van der Waals surface area contributed by atoms with Crippen LogP contribution >= 0.6 is 11.6 Å². The van der Waals surface area contributed by atoms with Crippen LogP contribution in [0.1, 0.15) is 19.8 Å². The summed E-state index contributed by atoms with van der Waals surface area (Å²) in [6.07, 6.45) is 0.238. The van der Waals surface area contributed by atoms with E-state index in [4.69, 9.17) is 21.8 Å². The Hall–Kier alpha value is -0.280. The Balaban J connectivity index is 3.69. The second-order valence-electron chi connectivity index (χ2n) is 2.10. The molecule has 0 spiro atoms. The molecule has 0 aliphatic rings. The molecule has 60 valence electrons. The fourth-order valence-corrected chi connectivity index (χ4v) is 0.733. The second-order valence-corrected chi connectivity index (χ2v) is 2.57. The molecule has 0 radical (unpaired) electrons. The molecule has 0 heterocycles. The molecule has 0 saturated carbocycles. The van der Waals surface area contributed by atoms with Gasteiger partial charge in [0.25, 0.3) is 0 Å². The van der Waals surface area contributed by atoms with Crippen LogP contribution in [0.3, 0.4) is 0 Å². The third-order valence-electron chi connectivity index (χ3n) is 1.16. The normalized spacial score (nSPS) is 16.3. The fraction of sp³-hybridized carbons (Fsp3) is 0.833. The molecular formula is C6H11ClO3. The van der Waals surface area contributed by atoms with Gasteiger partial charge >= 0.3 is 5.97 Å². The van der Waals surface area contributed by atoms with Gasteiger partial charge in [-0.25, -0.2) is 0 Å². The van der Waals surface area contributed by atoms with Crippen molar-refractivity contribution in [3.8, 4) is 0 Å². The van der Waals surface area contributed by atoms with Crippen molar-refractivity contribution in [2.75, 3.05) is 0 Å². The van der Waals surface area contributed by atoms with Crippen LogP contribution in [0.4, 0.5) is 0 Å². The van der Waals surface area contributed by atoms with E-state index in [9.17, 15) is 4.79 Å². The quantitative estimate of drug-likeness (QED) is 0.609. The van der Waals surface area contributed by atoms with Crippen LogP contribution in [-0.4, -0.2) is 27.7 Å². The number of carboxylic acids is 1. The Morgan fingerprint density at radius 1 is 1.70 bits per heavy atom. The zero-order valence-electron chi connectivity index (χ0n) is 5.75. The maximum absolute atomic E-state index is 10.1. The summed E-state index contributed by atoms with van der Waals surface area (Å²) in [5, 5.41) is 16.1. The SMILES string of the molecule is CCC[C@@H](O)[C@@H](Cl)C(=O)O. The lowest BCUT2D eigenvalue weighted by Gasteiger charge is -2.10. The van der Waals surface area contributed by atoms with Crippen molar-refractivity contribution < 1.29 is 15.0 Å². The Morgan fingerprint density at radius 3 is 2.50 bits per heavy atom. The van der Waals surface area contributed by atoms with Gasteiger partial charge in [-0.3, -0.25) is 4.79 Å². The van der Waals surface area contributed by atoms with Gasteiger partial charge in [-0.1, -0.05) is 13.3 Å². The molecule has 0 aromatic rings. The number of alkyl halides is 1. The lowest BCUT2D eigenvalue weighted by molar-refractivity contribution is -0.138. The average molecular weight is 167 g/mol. The van der Waals surface area contributed by atoms with Crippen molar-refractivity contribution in [2.45, 2.75) is 31.2 Å². The monoisotopic (exact) mass is 166 g/mol. The molecule has 0 amide bonds. The Labute approximate surface area is 64.6 Å². The van der Waals surface area contributed by atoms with Crippen LogP contribution in [0.15, 0.2) is 0 Å². The Morgan fingerprint density at radius 2 is 2.20 bits per heavy atom. The van der Waals surface area contributed by atoms with Crippen molar-refractivity contribution in [3.63, 3.8) is 0 Å². The van der Waals surface area contributed by atoms with Gasteiger partial charge in [-0.15, -0.1) is 11.6 Å². The van der Waals surface area contributed by atoms with Gasteiger partial charge in [0, 0.05) is 0 Å². The maximum Gasteiger partial charge on any atom is 0.324 e. The molecule has 3 nitrogen and oxygen atoms in total. The summed E-state index contributed by atoms with van der Waals surface area (Å²) in [4.78, 5) is 10.1. The van der Waals surface area contributed by atoms with Crippen LogP contribution in [0, 0.1) is 0 Å². The van der Waals surface area contributed by atoms with E-state index >= 15 is 0 Å². The number of carbonyl (C=O) groups is 1. The summed E-state index contributed by atoms with van der Waals surface area (Å²) in [5.41, 5.74) is 0. The fourth-order valence-electron chi connectivity index (χ4n) is 0.607. The highest BCUT2D eigenvalue weighted by Gasteiger charge is 2.22. The zero-order valence-corrected chi connectivity index (χ0v) is 6.51. The largest absolute Gasteiger partial charge is 0.480 e. The summed E-state index contributed by atoms with van der Waals surface area (Å²) in [6.45, 7) is 1.86. The highest BCUT2D eigenvalue weighted by Crippen LogP contribution is 2.08. The van der Waals surface area contributed by atoms with Crippen LogP contribution in [0.2, 0.25) is 0 Å². The number of aliphatic carboxylic acids is 1. The Kier molecular flexibility index (Phi) is 4.40. The summed E-state index contributed by atoms with van der Waals surface area (Å²) >= 11 is 5.30. The van der Waals surface area contributed by atoms with E-state index in [2.05, 4.69) is 0 Å². The van der Waals surface area contributed by atoms with Crippen molar-refractivity contribution in [3.05, 3.63) is 0 Å². The molecule has 0 aliphatic heterocycles. The third kappa shape index (κ3) is 3.03. The first-order valence-corrected chi connectivity index (χ1v) is 3.58. The average Bonchev–Trinajstić information content (AvgIpc) is 1.87. The molecule has 0 unspecified atom stereocenters. The number of carboxylic acid groups (broad SMARTS) is 1. The predicted octanol–water partition coefficient (Wildman–Crippen LogP) is 0.839. The van der Waals surface area contributed by atoms with Gasteiger partial charge in [0.05, 0.1) is 6.10 Å². The van der Waals surface area contributed by atoms with Crippen molar-refractivity contribution in [1.29, 1.82) is 0 Å². The van der Waals surface area contributed by atoms with Gasteiger partial charge in [-0.2, -0.15) is 0 Å². The van der Waals surface area contributed by atoms with E-state index in [1.807, 2.05) is 6.92 Å². The molecular weight excluding hydrogens is 156 g/mol. The number of hydrogen-bond donors (Lipinski definition) is 2. The van der Waals surface area contributed by atoms with Crippen LogP contribution in [0.25, 0.3) is 0 Å². The maximum atomic E-state index is 10.1. The van der Waals surface area contributed by atoms with Gasteiger partial charge in [0.1, 0.15) is 0 Å². The molecule has 10 heavy (non-hydrogen) atoms. The van der Waals surface area contributed by atoms with E-state index in [0.29, 0.717) is 6.42 Å². The first-order valence-electron chi connectivity index (χ1n) is 3.14. The molecule has 0 aliphatic carbocycles. The van der Waals surface area contributed by atoms with Crippen LogP contribution < -0.4 is 0 Å². The molecule has 0 aromatic carbocycles. The Bertz CT molecular complexity index is 116. The van der Waals surface area contributed by atoms with Crippen LogP contribution in [0.5, 0.6) is 0 Å². The van der Waals surface area contributed by atoms with E-state index in [1.54, 1.807) is 0 Å². The van der Waals surface area contributed by atoms with Crippen LogP contribution in [-0.2, 0) is 4.79 Å². The molecule has 0 saturated heterocycles. The number of aliphatic hydroxyl groups is 1. The molecule has 0 bridgehead atoms. The van der Waals surface area contributed by atoms with E-state index in [0.717, 1.165) is 6.42 Å². The minimum atomic E-state index is -1.17.